The van der Waals surface area contributed by atoms with Crippen molar-refractivity contribution in [1.29, 1.82) is 0 Å². The van der Waals surface area contributed by atoms with Gasteiger partial charge in [-0.05, 0) is 54.6 Å². The molecule has 19 heavy (non-hydrogen) atoms. The molecule has 0 bridgehead atoms. The van der Waals surface area contributed by atoms with E-state index in [0.29, 0.717) is 12.0 Å². The van der Waals surface area contributed by atoms with Crippen LogP contribution in [0.5, 0.6) is 0 Å². The molecule has 106 valence electrons. The fraction of sp³-hybridized carbons (Fsp3) is 0.667. The summed E-state index contributed by atoms with van der Waals surface area (Å²) >= 11 is 3.47. The minimum absolute atomic E-state index is 0.179. The van der Waals surface area contributed by atoms with Crippen LogP contribution in [0.15, 0.2) is 16.7 Å². The largest absolute Gasteiger partial charge is 0.340 e. The molecule has 2 heterocycles. The third-order valence-corrected chi connectivity index (χ3v) is 4.29. The van der Waals surface area contributed by atoms with Crippen molar-refractivity contribution in [2.75, 3.05) is 13.1 Å². The van der Waals surface area contributed by atoms with E-state index in [4.69, 9.17) is 0 Å². The van der Waals surface area contributed by atoms with Gasteiger partial charge < -0.3 is 9.47 Å². The summed E-state index contributed by atoms with van der Waals surface area (Å²) in [5.41, 5.74) is 0.805. The summed E-state index contributed by atoms with van der Waals surface area (Å²) in [7, 11) is 0. The van der Waals surface area contributed by atoms with E-state index in [1.807, 2.05) is 17.2 Å². The molecule has 3 nitrogen and oxygen atoms in total. The molecule has 4 heteroatoms. The highest BCUT2D eigenvalue weighted by Crippen LogP contribution is 2.25. The van der Waals surface area contributed by atoms with Gasteiger partial charge in [-0.1, -0.05) is 13.3 Å². The van der Waals surface area contributed by atoms with Crippen LogP contribution >= 0.6 is 15.9 Å². The first-order valence-electron chi connectivity index (χ1n) is 7.19. The van der Waals surface area contributed by atoms with Crippen LogP contribution in [-0.4, -0.2) is 28.5 Å². The van der Waals surface area contributed by atoms with Gasteiger partial charge in [0.1, 0.15) is 5.69 Å². The van der Waals surface area contributed by atoms with Gasteiger partial charge in [-0.3, -0.25) is 4.79 Å². The van der Waals surface area contributed by atoms with E-state index in [1.54, 1.807) is 0 Å². The lowest BCUT2D eigenvalue weighted by Gasteiger charge is -2.19. The van der Waals surface area contributed by atoms with E-state index < -0.39 is 0 Å². The Bertz CT molecular complexity index is 453. The van der Waals surface area contributed by atoms with Gasteiger partial charge in [-0.15, -0.1) is 0 Å². The molecule has 0 spiro atoms. The summed E-state index contributed by atoms with van der Waals surface area (Å²) in [4.78, 5) is 14.6. The number of amides is 1. The molecule has 1 amide bonds. The Morgan fingerprint density at radius 3 is 2.89 bits per heavy atom. The van der Waals surface area contributed by atoms with E-state index in [2.05, 4.69) is 41.3 Å². The molecular formula is C15H23BrN2O. The summed E-state index contributed by atoms with van der Waals surface area (Å²) in [5.74, 6) is 0.873. The second-order valence-corrected chi connectivity index (χ2v) is 6.65. The molecular weight excluding hydrogens is 304 g/mol. The molecule has 0 aromatic carbocycles. The molecule has 1 aliphatic heterocycles. The second-order valence-electron chi connectivity index (χ2n) is 5.74. The number of carbonyl (C=O) groups excluding carboxylic acids is 1. The number of hydrogen-bond donors (Lipinski definition) is 0. The van der Waals surface area contributed by atoms with Crippen molar-refractivity contribution in [3.63, 3.8) is 0 Å². The Balaban J connectivity index is 2.12. The summed E-state index contributed by atoms with van der Waals surface area (Å²) in [6.07, 6.45) is 5.60. The average Bonchev–Trinajstić information content (AvgIpc) is 2.95. The maximum Gasteiger partial charge on any atom is 0.270 e. The first-order chi connectivity index (χ1) is 9.02. The molecule has 1 atom stereocenters. The minimum Gasteiger partial charge on any atom is -0.340 e. The molecule has 1 aromatic rings. The first-order valence-corrected chi connectivity index (χ1v) is 7.98. The van der Waals surface area contributed by atoms with E-state index in [9.17, 15) is 4.79 Å². The number of hydrogen-bond acceptors (Lipinski definition) is 1. The van der Waals surface area contributed by atoms with Crippen LogP contribution in [0.4, 0.5) is 0 Å². The van der Waals surface area contributed by atoms with Crippen LogP contribution in [0.1, 0.15) is 56.6 Å². The zero-order valence-corrected chi connectivity index (χ0v) is 13.6. The topological polar surface area (TPSA) is 25.2 Å². The van der Waals surface area contributed by atoms with Crippen molar-refractivity contribution in [3.05, 3.63) is 22.4 Å². The lowest BCUT2D eigenvalue weighted by atomic mass is 10.0. The van der Waals surface area contributed by atoms with Gasteiger partial charge in [0.05, 0.1) is 0 Å². The fourth-order valence-corrected chi connectivity index (χ4v) is 3.30. The smallest absolute Gasteiger partial charge is 0.270 e. The van der Waals surface area contributed by atoms with Crippen LogP contribution < -0.4 is 0 Å². The molecule has 1 saturated heterocycles. The number of nitrogens with zero attached hydrogens (tertiary/aromatic N) is 2. The number of aromatic nitrogens is 1. The van der Waals surface area contributed by atoms with Crippen molar-refractivity contribution in [2.24, 2.45) is 5.92 Å². The van der Waals surface area contributed by atoms with E-state index in [-0.39, 0.29) is 5.91 Å². The third kappa shape index (κ3) is 3.22. The normalized spacial score (nSPS) is 19.4. The average molecular weight is 327 g/mol. The highest BCUT2D eigenvalue weighted by molar-refractivity contribution is 9.10. The van der Waals surface area contributed by atoms with Crippen LogP contribution in [0.2, 0.25) is 0 Å². The van der Waals surface area contributed by atoms with Crippen molar-refractivity contribution in [2.45, 2.75) is 46.1 Å². The van der Waals surface area contributed by atoms with Gasteiger partial charge in [0, 0.05) is 29.8 Å². The van der Waals surface area contributed by atoms with Gasteiger partial charge in [0.25, 0.3) is 5.91 Å². The highest BCUT2D eigenvalue weighted by Gasteiger charge is 2.28. The monoisotopic (exact) mass is 326 g/mol. The van der Waals surface area contributed by atoms with E-state index in [1.165, 1.54) is 12.8 Å². The Labute approximate surface area is 124 Å². The van der Waals surface area contributed by atoms with Gasteiger partial charge in [0.15, 0.2) is 0 Å². The van der Waals surface area contributed by atoms with Crippen LogP contribution in [-0.2, 0) is 0 Å². The zero-order chi connectivity index (χ0) is 14.0. The molecule has 0 N–H and O–H groups in total. The van der Waals surface area contributed by atoms with E-state index in [0.717, 1.165) is 29.7 Å². The Hall–Kier alpha value is -0.770. The maximum atomic E-state index is 12.6. The summed E-state index contributed by atoms with van der Waals surface area (Å²) < 4.78 is 3.04. The van der Waals surface area contributed by atoms with Crippen LogP contribution in [0.25, 0.3) is 0 Å². The van der Waals surface area contributed by atoms with Crippen molar-refractivity contribution in [3.8, 4) is 0 Å². The van der Waals surface area contributed by atoms with Crippen molar-refractivity contribution >= 4 is 21.8 Å². The van der Waals surface area contributed by atoms with Gasteiger partial charge in [-0.2, -0.15) is 0 Å². The lowest BCUT2D eigenvalue weighted by Crippen LogP contribution is -2.30. The molecule has 0 radical (unpaired) electrons. The third-order valence-electron chi connectivity index (χ3n) is 3.86. The quantitative estimate of drug-likeness (QED) is 0.817. The molecule has 1 fully saturated rings. The van der Waals surface area contributed by atoms with Gasteiger partial charge in [0.2, 0.25) is 0 Å². The second kappa shape index (κ2) is 6.12. The Morgan fingerprint density at radius 1 is 1.53 bits per heavy atom. The molecule has 1 unspecified atom stereocenters. The SMILES string of the molecule is CCCC1CCN(C(=O)c2cc(Br)cn2C(C)C)C1. The first kappa shape index (κ1) is 14.6. The Kier molecular flexibility index (Phi) is 4.71. The number of likely N-dealkylation sites (tertiary alicyclic amines) is 1. The minimum atomic E-state index is 0.179. The molecule has 2 rings (SSSR count). The standard InChI is InChI=1S/C15H23BrN2O/c1-4-5-12-6-7-17(9-12)15(19)14-8-13(16)10-18(14)11(2)3/h8,10-12H,4-7,9H2,1-3H3. The summed E-state index contributed by atoms with van der Waals surface area (Å²) in [6.45, 7) is 8.25. The van der Waals surface area contributed by atoms with Crippen LogP contribution in [0.3, 0.4) is 0 Å². The molecule has 1 aromatic heterocycles. The molecule has 1 aliphatic rings. The Morgan fingerprint density at radius 2 is 2.26 bits per heavy atom. The lowest BCUT2D eigenvalue weighted by molar-refractivity contribution is 0.0774. The predicted molar refractivity (Wildman–Crippen MR) is 81.4 cm³/mol. The van der Waals surface area contributed by atoms with Crippen LogP contribution in [0, 0.1) is 5.92 Å². The molecule has 0 aliphatic carbocycles. The number of halogens is 1. The summed E-state index contributed by atoms with van der Waals surface area (Å²) in [5, 5.41) is 0. The number of rotatable bonds is 4. The van der Waals surface area contributed by atoms with Gasteiger partial charge >= 0.3 is 0 Å². The van der Waals surface area contributed by atoms with Crippen molar-refractivity contribution in [1.82, 2.24) is 9.47 Å². The molecule has 0 saturated carbocycles. The highest BCUT2D eigenvalue weighted by atomic mass is 79.9. The fourth-order valence-electron chi connectivity index (χ4n) is 2.87. The van der Waals surface area contributed by atoms with Gasteiger partial charge in [-0.25, -0.2) is 0 Å². The number of carbonyl (C=O) groups is 1. The van der Waals surface area contributed by atoms with E-state index >= 15 is 0 Å². The zero-order valence-electron chi connectivity index (χ0n) is 12.0. The maximum absolute atomic E-state index is 12.6. The van der Waals surface area contributed by atoms with Crippen molar-refractivity contribution < 1.29 is 4.79 Å². The predicted octanol–water partition coefficient (Wildman–Crippen LogP) is 4.09. The summed E-state index contributed by atoms with van der Waals surface area (Å²) in [6, 6.07) is 2.24.